The third kappa shape index (κ3) is 5.24. The van der Waals surface area contributed by atoms with Crippen LogP contribution >= 0.6 is 11.3 Å². The Balaban J connectivity index is 1.48. The molecule has 0 unspecified atom stereocenters. The summed E-state index contributed by atoms with van der Waals surface area (Å²) in [6.45, 7) is 4.33. The number of carbonyl (C=O) groups excluding carboxylic acids is 2. The van der Waals surface area contributed by atoms with E-state index in [4.69, 9.17) is 0 Å². The van der Waals surface area contributed by atoms with Crippen LogP contribution in [-0.2, 0) is 16.0 Å². The number of nitrogens with zero attached hydrogens (tertiary/aromatic N) is 1. The molecule has 138 valence electrons. The number of nitrogens with one attached hydrogen (secondary N) is 2. The number of hydrogen-bond donors (Lipinski definition) is 2. The number of carbonyl (C=O) groups is 2. The molecule has 3 rings (SSSR count). The Kier molecular flexibility index (Phi) is 5.98. The van der Waals surface area contributed by atoms with Gasteiger partial charge in [0.2, 0.25) is 0 Å². The Bertz CT molecular complexity index is 948. The van der Waals surface area contributed by atoms with Gasteiger partial charge in [-0.15, -0.1) is 11.3 Å². The molecule has 0 aliphatic rings. The molecule has 1 heterocycles. The molecule has 0 saturated carbocycles. The first kappa shape index (κ1) is 18.8. The highest BCUT2D eigenvalue weighted by molar-refractivity contribution is 7.13. The number of aromatic nitrogens is 1. The van der Waals surface area contributed by atoms with E-state index < -0.39 is 11.8 Å². The molecule has 0 radical (unpaired) electrons. The molecule has 0 spiro atoms. The summed E-state index contributed by atoms with van der Waals surface area (Å²) >= 11 is 1.57. The number of anilines is 1. The summed E-state index contributed by atoms with van der Waals surface area (Å²) in [6.07, 6.45) is 0.575. The molecule has 0 saturated heterocycles. The second-order valence-corrected chi connectivity index (χ2v) is 7.20. The van der Waals surface area contributed by atoms with E-state index in [1.54, 1.807) is 17.4 Å². The van der Waals surface area contributed by atoms with Gasteiger partial charge in [-0.1, -0.05) is 42.0 Å². The average molecular weight is 379 g/mol. The van der Waals surface area contributed by atoms with Gasteiger partial charge in [-0.25, -0.2) is 4.98 Å². The van der Waals surface area contributed by atoms with Crippen LogP contribution in [0.25, 0.3) is 10.6 Å². The van der Waals surface area contributed by atoms with E-state index >= 15 is 0 Å². The second kappa shape index (κ2) is 8.60. The lowest BCUT2D eigenvalue weighted by molar-refractivity contribution is -0.136. The van der Waals surface area contributed by atoms with Crippen molar-refractivity contribution in [3.05, 3.63) is 70.7 Å². The van der Waals surface area contributed by atoms with E-state index in [0.29, 0.717) is 18.7 Å². The molecule has 5 nitrogen and oxygen atoms in total. The predicted octanol–water partition coefficient (Wildman–Crippen LogP) is 3.72. The third-order valence-corrected chi connectivity index (χ3v) is 4.94. The molecule has 1 aromatic heterocycles. The molecule has 2 aromatic carbocycles. The smallest absolute Gasteiger partial charge is 0.313 e. The van der Waals surface area contributed by atoms with E-state index in [0.717, 1.165) is 21.8 Å². The van der Waals surface area contributed by atoms with Gasteiger partial charge >= 0.3 is 11.8 Å². The zero-order valence-corrected chi connectivity index (χ0v) is 16.1. The van der Waals surface area contributed by atoms with Crippen molar-refractivity contribution < 1.29 is 9.59 Å². The summed E-state index contributed by atoms with van der Waals surface area (Å²) in [7, 11) is 0. The fraction of sp³-hybridized carbons (Fsp3) is 0.190. The largest absolute Gasteiger partial charge is 0.347 e. The van der Waals surface area contributed by atoms with Gasteiger partial charge in [0, 0.05) is 29.6 Å². The van der Waals surface area contributed by atoms with Gasteiger partial charge in [0.15, 0.2) is 0 Å². The number of thiazole rings is 1. The monoisotopic (exact) mass is 379 g/mol. The summed E-state index contributed by atoms with van der Waals surface area (Å²) in [5, 5.41) is 8.17. The first-order valence-electron chi connectivity index (χ1n) is 8.68. The molecular formula is C21H21N3O2S. The first-order valence-corrected chi connectivity index (χ1v) is 9.56. The molecule has 0 atom stereocenters. The SMILES string of the molecule is Cc1ccc(-c2nc(CCNC(=O)C(=O)Nc3cccc(C)c3)cs2)cc1. The zero-order chi connectivity index (χ0) is 19.2. The van der Waals surface area contributed by atoms with Gasteiger partial charge in [-0.05, 0) is 31.5 Å². The van der Waals surface area contributed by atoms with E-state index in [-0.39, 0.29) is 0 Å². The van der Waals surface area contributed by atoms with Crippen molar-refractivity contribution in [3.8, 4) is 10.6 Å². The fourth-order valence-corrected chi connectivity index (χ4v) is 3.41. The van der Waals surface area contributed by atoms with Crippen LogP contribution in [0.4, 0.5) is 5.69 Å². The van der Waals surface area contributed by atoms with E-state index in [1.807, 2.05) is 30.5 Å². The zero-order valence-electron chi connectivity index (χ0n) is 15.3. The van der Waals surface area contributed by atoms with Crippen LogP contribution in [-0.4, -0.2) is 23.3 Å². The minimum absolute atomic E-state index is 0.358. The van der Waals surface area contributed by atoms with Gasteiger partial charge in [0.05, 0.1) is 5.69 Å². The van der Waals surface area contributed by atoms with E-state index in [2.05, 4.69) is 46.8 Å². The highest BCUT2D eigenvalue weighted by Gasteiger charge is 2.13. The third-order valence-electron chi connectivity index (χ3n) is 4.00. The maximum atomic E-state index is 11.9. The number of aryl methyl sites for hydroxylation is 2. The van der Waals surface area contributed by atoms with Crippen LogP contribution in [0.5, 0.6) is 0 Å². The standard InChI is InChI=1S/C21H21N3O2S/c1-14-6-8-16(9-7-14)21-24-18(13-27-21)10-11-22-19(25)20(26)23-17-5-3-4-15(2)12-17/h3-9,12-13H,10-11H2,1-2H3,(H,22,25)(H,23,26). The molecule has 0 aliphatic heterocycles. The summed E-state index contributed by atoms with van der Waals surface area (Å²) in [5.41, 5.74) is 4.81. The van der Waals surface area contributed by atoms with Crippen LogP contribution in [0.1, 0.15) is 16.8 Å². The van der Waals surface area contributed by atoms with Crippen molar-refractivity contribution in [2.75, 3.05) is 11.9 Å². The summed E-state index contributed by atoms with van der Waals surface area (Å²) < 4.78 is 0. The number of amides is 2. The Morgan fingerprint density at radius 1 is 1.00 bits per heavy atom. The van der Waals surface area contributed by atoms with Crippen molar-refractivity contribution in [3.63, 3.8) is 0 Å². The van der Waals surface area contributed by atoms with E-state index in [9.17, 15) is 9.59 Å². The molecule has 6 heteroatoms. The fourth-order valence-electron chi connectivity index (χ4n) is 2.55. The molecular weight excluding hydrogens is 358 g/mol. The minimum atomic E-state index is -0.667. The van der Waals surface area contributed by atoms with E-state index in [1.165, 1.54) is 5.56 Å². The molecule has 0 bridgehead atoms. The van der Waals surface area contributed by atoms with Crippen molar-refractivity contribution in [1.82, 2.24) is 10.3 Å². The van der Waals surface area contributed by atoms with Crippen LogP contribution in [0, 0.1) is 13.8 Å². The van der Waals surface area contributed by atoms with Crippen molar-refractivity contribution in [1.29, 1.82) is 0 Å². The van der Waals surface area contributed by atoms with Crippen LogP contribution in [0.2, 0.25) is 0 Å². The van der Waals surface area contributed by atoms with Crippen LogP contribution in [0.3, 0.4) is 0 Å². The maximum Gasteiger partial charge on any atom is 0.313 e. The highest BCUT2D eigenvalue weighted by Crippen LogP contribution is 2.24. The van der Waals surface area contributed by atoms with Crippen molar-refractivity contribution >= 4 is 28.8 Å². The number of benzene rings is 2. The lowest BCUT2D eigenvalue weighted by Crippen LogP contribution is -2.36. The van der Waals surface area contributed by atoms with Crippen molar-refractivity contribution in [2.24, 2.45) is 0 Å². The number of hydrogen-bond acceptors (Lipinski definition) is 4. The molecule has 2 amide bonds. The molecule has 27 heavy (non-hydrogen) atoms. The summed E-state index contributed by atoms with van der Waals surface area (Å²) in [5.74, 6) is -1.32. The Morgan fingerprint density at radius 2 is 1.78 bits per heavy atom. The highest BCUT2D eigenvalue weighted by atomic mass is 32.1. The number of rotatable bonds is 5. The average Bonchev–Trinajstić information content (AvgIpc) is 3.11. The lowest BCUT2D eigenvalue weighted by Gasteiger charge is -2.06. The van der Waals surface area contributed by atoms with Gasteiger partial charge < -0.3 is 10.6 Å². The Labute approximate surface area is 162 Å². The predicted molar refractivity (Wildman–Crippen MR) is 109 cm³/mol. The first-order chi connectivity index (χ1) is 13.0. The molecule has 3 aromatic rings. The topological polar surface area (TPSA) is 71.1 Å². The van der Waals surface area contributed by atoms with Gasteiger partial charge in [-0.2, -0.15) is 0 Å². The van der Waals surface area contributed by atoms with Crippen LogP contribution in [0.15, 0.2) is 53.9 Å². The lowest BCUT2D eigenvalue weighted by atomic mass is 10.2. The molecule has 0 fully saturated rings. The van der Waals surface area contributed by atoms with Crippen LogP contribution < -0.4 is 10.6 Å². The van der Waals surface area contributed by atoms with Gasteiger partial charge in [0.25, 0.3) is 0 Å². The van der Waals surface area contributed by atoms with Crippen molar-refractivity contribution in [2.45, 2.75) is 20.3 Å². The Hall–Kier alpha value is -2.99. The van der Waals surface area contributed by atoms with Gasteiger partial charge in [-0.3, -0.25) is 9.59 Å². The van der Waals surface area contributed by atoms with Gasteiger partial charge in [0.1, 0.15) is 5.01 Å². The normalized spacial score (nSPS) is 10.4. The molecule has 0 aliphatic carbocycles. The Morgan fingerprint density at radius 3 is 2.52 bits per heavy atom. The quantitative estimate of drug-likeness (QED) is 0.664. The second-order valence-electron chi connectivity index (χ2n) is 6.34. The minimum Gasteiger partial charge on any atom is -0.347 e. The summed E-state index contributed by atoms with van der Waals surface area (Å²) in [4.78, 5) is 28.5. The summed E-state index contributed by atoms with van der Waals surface area (Å²) in [6, 6.07) is 15.5. The molecule has 2 N–H and O–H groups in total. The maximum absolute atomic E-state index is 11.9.